The van der Waals surface area contributed by atoms with Crippen LogP contribution in [0.25, 0.3) is 0 Å². The molecule has 27 heavy (non-hydrogen) atoms. The molecular weight excluding hydrogens is 401 g/mol. The van der Waals surface area contributed by atoms with Gasteiger partial charge in [-0.2, -0.15) is 0 Å². The van der Waals surface area contributed by atoms with Crippen molar-refractivity contribution in [2.24, 2.45) is 0 Å². The van der Waals surface area contributed by atoms with Crippen LogP contribution in [0.2, 0.25) is 10.0 Å². The molecule has 0 amide bonds. The number of aliphatic hydroxyl groups is 1. The fourth-order valence-electron chi connectivity index (χ4n) is 3.40. The summed E-state index contributed by atoms with van der Waals surface area (Å²) in [5.74, 6) is 0. The lowest BCUT2D eigenvalue weighted by Gasteiger charge is -2.38. The lowest BCUT2D eigenvalue weighted by Crippen LogP contribution is -2.42. The van der Waals surface area contributed by atoms with Crippen molar-refractivity contribution in [1.82, 2.24) is 10.2 Å². The predicted molar refractivity (Wildman–Crippen MR) is 111 cm³/mol. The average molecular weight is 420 g/mol. The minimum Gasteiger partial charge on any atom is -0.385 e. The third-order valence-electron chi connectivity index (χ3n) is 4.96. The predicted octanol–water partition coefficient (Wildman–Crippen LogP) is 4.92. The number of nitrogens with zero attached hydrogens (tertiary/aromatic N) is 3. The molecule has 140 valence electrons. The Hall–Kier alpha value is -1.66. The standard InChI is InChI=1S/C20H19Cl2N3OS/c21-15-7-5-14(6-8-15)13-18-23-24-19(27-18)25-11-9-20(26,10-12-25)16-3-1-2-4-17(16)22/h1-8,26H,9-13H2. The molecule has 7 heteroatoms. The van der Waals surface area contributed by atoms with E-state index in [1.165, 1.54) is 0 Å². The van der Waals surface area contributed by atoms with E-state index in [0.717, 1.165) is 45.8 Å². The maximum Gasteiger partial charge on any atom is 0.208 e. The fraction of sp³-hybridized carbons (Fsp3) is 0.300. The molecule has 0 aliphatic carbocycles. The SMILES string of the molecule is OC1(c2ccccc2Cl)CCN(c2nnc(Cc3ccc(Cl)cc3)s2)CC1. The van der Waals surface area contributed by atoms with Gasteiger partial charge < -0.3 is 10.0 Å². The van der Waals surface area contributed by atoms with Gasteiger partial charge in [0.1, 0.15) is 5.01 Å². The number of piperidine rings is 1. The zero-order valence-corrected chi connectivity index (χ0v) is 16.9. The summed E-state index contributed by atoms with van der Waals surface area (Å²) in [4.78, 5) is 2.19. The number of hydrogen-bond donors (Lipinski definition) is 1. The summed E-state index contributed by atoms with van der Waals surface area (Å²) in [5.41, 5.74) is 1.09. The number of rotatable bonds is 4. The molecule has 1 aliphatic heterocycles. The van der Waals surface area contributed by atoms with Crippen LogP contribution in [-0.4, -0.2) is 28.4 Å². The summed E-state index contributed by atoms with van der Waals surface area (Å²) >= 11 is 13.8. The Morgan fingerprint density at radius 1 is 1.00 bits per heavy atom. The highest BCUT2D eigenvalue weighted by atomic mass is 35.5. The Kier molecular flexibility index (Phi) is 5.37. The van der Waals surface area contributed by atoms with E-state index in [4.69, 9.17) is 23.2 Å². The number of halogens is 2. The van der Waals surface area contributed by atoms with Gasteiger partial charge in [0.05, 0.1) is 5.60 Å². The van der Waals surface area contributed by atoms with E-state index in [2.05, 4.69) is 15.1 Å². The third kappa shape index (κ3) is 4.11. The average Bonchev–Trinajstić information content (AvgIpc) is 3.13. The Labute approximate surface area is 172 Å². The van der Waals surface area contributed by atoms with Crippen molar-refractivity contribution in [2.75, 3.05) is 18.0 Å². The van der Waals surface area contributed by atoms with E-state index < -0.39 is 5.60 Å². The van der Waals surface area contributed by atoms with E-state index in [1.54, 1.807) is 11.3 Å². The van der Waals surface area contributed by atoms with Gasteiger partial charge in [-0.25, -0.2) is 0 Å². The Bertz CT molecular complexity index is 921. The second-order valence-corrected chi connectivity index (χ2v) is 8.66. The molecule has 1 N–H and O–H groups in total. The molecule has 2 heterocycles. The maximum absolute atomic E-state index is 11.1. The molecular formula is C20H19Cl2N3OS. The van der Waals surface area contributed by atoms with Crippen LogP contribution in [0.15, 0.2) is 48.5 Å². The second kappa shape index (κ2) is 7.76. The second-order valence-electron chi connectivity index (χ2n) is 6.78. The molecule has 0 bridgehead atoms. The van der Waals surface area contributed by atoms with Crippen molar-refractivity contribution in [1.29, 1.82) is 0 Å². The molecule has 1 aliphatic rings. The van der Waals surface area contributed by atoms with Crippen molar-refractivity contribution in [3.05, 3.63) is 74.7 Å². The topological polar surface area (TPSA) is 49.2 Å². The molecule has 1 fully saturated rings. The first-order chi connectivity index (χ1) is 13.0. The Balaban J connectivity index is 1.42. The van der Waals surface area contributed by atoms with Gasteiger partial charge in [0.25, 0.3) is 0 Å². The van der Waals surface area contributed by atoms with Crippen molar-refractivity contribution >= 4 is 39.7 Å². The Morgan fingerprint density at radius 2 is 1.70 bits per heavy atom. The first-order valence-corrected chi connectivity index (χ1v) is 10.4. The largest absolute Gasteiger partial charge is 0.385 e. The van der Waals surface area contributed by atoms with Crippen LogP contribution < -0.4 is 4.90 Å². The first kappa shape index (κ1) is 18.7. The lowest BCUT2D eigenvalue weighted by atomic mass is 9.84. The van der Waals surface area contributed by atoms with Crippen LogP contribution in [0, 0.1) is 0 Å². The highest BCUT2D eigenvalue weighted by molar-refractivity contribution is 7.15. The lowest BCUT2D eigenvalue weighted by molar-refractivity contribution is 0.0118. The molecule has 2 aromatic carbocycles. The monoisotopic (exact) mass is 419 g/mol. The number of benzene rings is 2. The summed E-state index contributed by atoms with van der Waals surface area (Å²) in [6, 6.07) is 15.3. The summed E-state index contributed by atoms with van der Waals surface area (Å²) in [5, 5.41) is 23.0. The van der Waals surface area contributed by atoms with E-state index in [9.17, 15) is 5.11 Å². The summed E-state index contributed by atoms with van der Waals surface area (Å²) < 4.78 is 0. The van der Waals surface area contributed by atoms with E-state index in [1.807, 2.05) is 48.5 Å². The van der Waals surface area contributed by atoms with Gasteiger partial charge in [-0.1, -0.05) is 64.9 Å². The van der Waals surface area contributed by atoms with E-state index >= 15 is 0 Å². The highest BCUT2D eigenvalue weighted by Crippen LogP contribution is 2.38. The number of aromatic nitrogens is 2. The van der Waals surface area contributed by atoms with Crippen molar-refractivity contribution in [2.45, 2.75) is 24.9 Å². The minimum atomic E-state index is -0.883. The maximum atomic E-state index is 11.1. The number of anilines is 1. The van der Waals surface area contributed by atoms with Crippen LogP contribution in [-0.2, 0) is 12.0 Å². The van der Waals surface area contributed by atoms with Gasteiger partial charge in [0.15, 0.2) is 0 Å². The van der Waals surface area contributed by atoms with E-state index in [-0.39, 0.29) is 0 Å². The van der Waals surface area contributed by atoms with Gasteiger partial charge in [-0.15, -0.1) is 10.2 Å². The molecule has 3 aromatic rings. The molecule has 0 saturated carbocycles. The third-order valence-corrected chi connectivity index (χ3v) is 6.53. The van der Waals surface area contributed by atoms with Crippen molar-refractivity contribution in [3.63, 3.8) is 0 Å². The van der Waals surface area contributed by atoms with Crippen LogP contribution in [0.3, 0.4) is 0 Å². The number of hydrogen-bond acceptors (Lipinski definition) is 5. The minimum absolute atomic E-state index is 0.614. The molecule has 0 radical (unpaired) electrons. The van der Waals surface area contributed by atoms with Crippen LogP contribution in [0.5, 0.6) is 0 Å². The first-order valence-electron chi connectivity index (χ1n) is 8.83. The molecule has 4 rings (SSSR count). The molecule has 0 unspecified atom stereocenters. The van der Waals surface area contributed by atoms with Gasteiger partial charge >= 0.3 is 0 Å². The molecule has 0 spiro atoms. The van der Waals surface area contributed by atoms with Gasteiger partial charge in [0.2, 0.25) is 5.13 Å². The van der Waals surface area contributed by atoms with Gasteiger partial charge in [0, 0.05) is 35.1 Å². The highest BCUT2D eigenvalue weighted by Gasteiger charge is 2.36. The summed E-state index contributed by atoms with van der Waals surface area (Å²) in [6.45, 7) is 1.44. The van der Waals surface area contributed by atoms with Crippen molar-refractivity contribution < 1.29 is 5.11 Å². The van der Waals surface area contributed by atoms with Gasteiger partial charge in [-0.05, 0) is 36.6 Å². The molecule has 0 atom stereocenters. The van der Waals surface area contributed by atoms with Gasteiger partial charge in [-0.3, -0.25) is 0 Å². The van der Waals surface area contributed by atoms with Crippen LogP contribution >= 0.6 is 34.5 Å². The molecule has 1 aromatic heterocycles. The normalized spacial score (nSPS) is 16.5. The van der Waals surface area contributed by atoms with Crippen LogP contribution in [0.1, 0.15) is 29.0 Å². The summed E-state index contributed by atoms with van der Waals surface area (Å²) in [7, 11) is 0. The Morgan fingerprint density at radius 3 is 2.41 bits per heavy atom. The van der Waals surface area contributed by atoms with E-state index in [0.29, 0.717) is 17.9 Å². The van der Waals surface area contributed by atoms with Crippen molar-refractivity contribution in [3.8, 4) is 0 Å². The molecule has 1 saturated heterocycles. The zero-order chi connectivity index (χ0) is 18.9. The molecule has 4 nitrogen and oxygen atoms in total. The quantitative estimate of drug-likeness (QED) is 0.651. The zero-order valence-electron chi connectivity index (χ0n) is 14.6. The summed E-state index contributed by atoms with van der Waals surface area (Å²) in [6.07, 6.45) is 1.97. The van der Waals surface area contributed by atoms with Crippen LogP contribution in [0.4, 0.5) is 5.13 Å². The fourth-order valence-corrected chi connectivity index (χ4v) is 4.76. The smallest absolute Gasteiger partial charge is 0.208 e.